The van der Waals surface area contributed by atoms with Crippen LogP contribution in [0.4, 0.5) is 4.79 Å². The van der Waals surface area contributed by atoms with Crippen LogP contribution in [0.25, 0.3) is 0 Å². The summed E-state index contributed by atoms with van der Waals surface area (Å²) in [4.78, 5) is 16.0. The lowest BCUT2D eigenvalue weighted by Gasteiger charge is -2.36. The topological polar surface area (TPSA) is 35.6 Å². The number of carbonyl (C=O) groups is 1. The van der Waals surface area contributed by atoms with E-state index in [9.17, 15) is 4.79 Å². The molecule has 1 rings (SSSR count). The van der Waals surface area contributed by atoms with Gasteiger partial charge in [-0.3, -0.25) is 9.69 Å². The van der Waals surface area contributed by atoms with E-state index in [1.54, 1.807) is 6.26 Å². The Kier molecular flexibility index (Phi) is 6.92. The summed E-state index contributed by atoms with van der Waals surface area (Å²) in [6.45, 7) is 11.1. The quantitative estimate of drug-likeness (QED) is 0.759. The summed E-state index contributed by atoms with van der Waals surface area (Å²) in [5, 5.41) is 2.96. The Morgan fingerprint density at radius 2 is 1.94 bits per heavy atom. The average Bonchev–Trinajstić information content (AvgIpc) is 2.34. The molecule has 1 fully saturated rings. The number of nitrogens with zero attached hydrogens (tertiary/aromatic N) is 2. The van der Waals surface area contributed by atoms with Crippen LogP contribution in [-0.2, 0) is 0 Å². The molecule has 1 amide bonds. The molecule has 0 bridgehead atoms. The van der Waals surface area contributed by atoms with Crippen LogP contribution in [0.15, 0.2) is 0 Å². The minimum Gasteiger partial charge on any atom is -0.347 e. The van der Waals surface area contributed by atoms with Crippen LogP contribution in [0.2, 0.25) is 0 Å². The van der Waals surface area contributed by atoms with Gasteiger partial charge in [-0.25, -0.2) is 0 Å². The second-order valence-electron chi connectivity index (χ2n) is 4.74. The van der Waals surface area contributed by atoms with Gasteiger partial charge in [-0.2, -0.15) is 0 Å². The third-order valence-corrected chi connectivity index (χ3v) is 3.76. The summed E-state index contributed by atoms with van der Waals surface area (Å²) in [6.07, 6.45) is 2.86. The molecule has 0 aromatic carbocycles. The van der Waals surface area contributed by atoms with Crippen LogP contribution in [-0.4, -0.2) is 66.6 Å². The molecule has 0 unspecified atom stereocenters. The molecule has 5 heteroatoms. The molecule has 1 N–H and O–H groups in total. The van der Waals surface area contributed by atoms with Crippen LogP contribution in [0.1, 0.15) is 20.3 Å². The smallest absolute Gasteiger partial charge is 0.278 e. The highest BCUT2D eigenvalue weighted by atomic mass is 32.2. The number of nitrogens with one attached hydrogen (secondary N) is 1. The van der Waals surface area contributed by atoms with Crippen LogP contribution >= 0.6 is 11.8 Å². The molecule has 0 aromatic heterocycles. The van der Waals surface area contributed by atoms with Crippen molar-refractivity contribution < 1.29 is 4.79 Å². The van der Waals surface area contributed by atoms with Gasteiger partial charge >= 0.3 is 0 Å². The van der Waals surface area contributed by atoms with Crippen molar-refractivity contribution in [2.24, 2.45) is 0 Å². The molecule has 1 aliphatic heterocycles. The van der Waals surface area contributed by atoms with Crippen LogP contribution in [0, 0.1) is 0 Å². The summed E-state index contributed by atoms with van der Waals surface area (Å²) in [6, 6.07) is 0.665. The second kappa shape index (κ2) is 7.95. The van der Waals surface area contributed by atoms with E-state index in [1.165, 1.54) is 24.9 Å². The Morgan fingerprint density at radius 1 is 1.29 bits per heavy atom. The van der Waals surface area contributed by atoms with Crippen molar-refractivity contribution in [2.75, 3.05) is 45.5 Å². The summed E-state index contributed by atoms with van der Waals surface area (Å²) >= 11 is 1.24. The van der Waals surface area contributed by atoms with Crippen LogP contribution in [0.3, 0.4) is 0 Å². The van der Waals surface area contributed by atoms with Crippen molar-refractivity contribution in [3.8, 4) is 0 Å². The highest BCUT2D eigenvalue weighted by molar-refractivity contribution is 8.12. The first-order valence-electron chi connectivity index (χ1n) is 6.41. The van der Waals surface area contributed by atoms with Gasteiger partial charge in [-0.1, -0.05) is 11.8 Å². The minimum atomic E-state index is 0.0784. The van der Waals surface area contributed by atoms with Crippen molar-refractivity contribution in [1.82, 2.24) is 15.1 Å². The van der Waals surface area contributed by atoms with Gasteiger partial charge < -0.3 is 10.2 Å². The molecule has 17 heavy (non-hydrogen) atoms. The summed E-state index contributed by atoms with van der Waals surface area (Å²) in [7, 11) is 0. The molecule has 100 valence electrons. The van der Waals surface area contributed by atoms with E-state index in [1.807, 2.05) is 0 Å². The van der Waals surface area contributed by atoms with Gasteiger partial charge in [0.2, 0.25) is 0 Å². The zero-order chi connectivity index (χ0) is 12.7. The Balaban J connectivity index is 2.04. The van der Waals surface area contributed by atoms with Gasteiger partial charge in [0, 0.05) is 38.8 Å². The van der Waals surface area contributed by atoms with Crippen LogP contribution < -0.4 is 5.32 Å². The molecule has 1 saturated heterocycles. The number of thioether (sulfide) groups is 1. The number of carbonyl (C=O) groups excluding carboxylic acids is 1. The normalized spacial score (nSPS) is 18.6. The number of piperazine rings is 1. The lowest BCUT2D eigenvalue weighted by molar-refractivity contribution is 0.108. The first-order valence-corrected chi connectivity index (χ1v) is 7.64. The fourth-order valence-corrected chi connectivity index (χ4v) is 2.32. The summed E-state index contributed by atoms with van der Waals surface area (Å²) in [5.41, 5.74) is 0. The molecule has 1 aliphatic rings. The molecule has 4 nitrogen and oxygen atoms in total. The number of hydrogen-bond donors (Lipinski definition) is 1. The van der Waals surface area contributed by atoms with E-state index < -0.39 is 0 Å². The number of hydrogen-bond acceptors (Lipinski definition) is 4. The van der Waals surface area contributed by atoms with E-state index in [4.69, 9.17) is 0 Å². The first kappa shape index (κ1) is 14.8. The molecular formula is C12H25N3OS. The molecule has 0 spiro atoms. The van der Waals surface area contributed by atoms with E-state index >= 15 is 0 Å². The molecule has 0 aromatic rings. The lowest BCUT2D eigenvalue weighted by atomic mass is 10.2. The SMILES string of the molecule is CSC(=O)NCCCN1CCN(C(C)C)CC1. The lowest BCUT2D eigenvalue weighted by Crippen LogP contribution is -2.49. The zero-order valence-electron chi connectivity index (χ0n) is 11.2. The predicted octanol–water partition coefficient (Wildman–Crippen LogP) is 1.48. The van der Waals surface area contributed by atoms with Gasteiger partial charge in [0.25, 0.3) is 5.24 Å². The van der Waals surface area contributed by atoms with E-state index in [2.05, 4.69) is 29.0 Å². The Hall–Kier alpha value is -0.260. The molecule has 0 saturated carbocycles. The van der Waals surface area contributed by atoms with Crippen molar-refractivity contribution in [1.29, 1.82) is 0 Å². The molecule has 1 heterocycles. The fourth-order valence-electron chi connectivity index (χ4n) is 2.07. The second-order valence-corrected chi connectivity index (χ2v) is 5.52. The Bertz CT molecular complexity index is 228. The Labute approximate surface area is 109 Å². The van der Waals surface area contributed by atoms with Gasteiger partial charge in [-0.15, -0.1) is 0 Å². The molecule has 0 atom stereocenters. The summed E-state index contributed by atoms with van der Waals surface area (Å²) in [5.74, 6) is 0. The van der Waals surface area contributed by atoms with Crippen molar-refractivity contribution in [2.45, 2.75) is 26.3 Å². The zero-order valence-corrected chi connectivity index (χ0v) is 12.1. The van der Waals surface area contributed by atoms with Crippen LogP contribution in [0.5, 0.6) is 0 Å². The van der Waals surface area contributed by atoms with E-state index in [0.717, 1.165) is 32.6 Å². The maximum atomic E-state index is 11.0. The minimum absolute atomic E-state index is 0.0784. The Morgan fingerprint density at radius 3 is 2.47 bits per heavy atom. The van der Waals surface area contributed by atoms with E-state index in [-0.39, 0.29) is 5.24 Å². The molecule has 0 aliphatic carbocycles. The average molecular weight is 259 g/mol. The monoisotopic (exact) mass is 259 g/mol. The van der Waals surface area contributed by atoms with E-state index in [0.29, 0.717) is 6.04 Å². The predicted molar refractivity (Wildman–Crippen MR) is 74.7 cm³/mol. The fraction of sp³-hybridized carbons (Fsp3) is 0.917. The third kappa shape index (κ3) is 5.75. The van der Waals surface area contributed by atoms with Crippen molar-refractivity contribution in [3.63, 3.8) is 0 Å². The standard InChI is InChI=1S/C12H25N3OS/c1-11(2)15-9-7-14(8-10-15)6-4-5-13-12(16)17-3/h11H,4-10H2,1-3H3,(H,13,16). The van der Waals surface area contributed by atoms with Gasteiger partial charge in [0.15, 0.2) is 0 Å². The van der Waals surface area contributed by atoms with Gasteiger partial charge in [0.1, 0.15) is 0 Å². The molecular weight excluding hydrogens is 234 g/mol. The highest BCUT2D eigenvalue weighted by Gasteiger charge is 2.17. The highest BCUT2D eigenvalue weighted by Crippen LogP contribution is 2.05. The largest absolute Gasteiger partial charge is 0.347 e. The van der Waals surface area contributed by atoms with Gasteiger partial charge in [0.05, 0.1) is 0 Å². The third-order valence-electron chi connectivity index (χ3n) is 3.24. The van der Waals surface area contributed by atoms with Gasteiger partial charge in [-0.05, 0) is 33.1 Å². The first-order chi connectivity index (χ1) is 8.13. The maximum Gasteiger partial charge on any atom is 0.278 e. The van der Waals surface area contributed by atoms with Crippen molar-refractivity contribution >= 4 is 17.0 Å². The summed E-state index contributed by atoms with van der Waals surface area (Å²) < 4.78 is 0. The number of rotatable bonds is 5. The number of amides is 1. The maximum absolute atomic E-state index is 11.0. The van der Waals surface area contributed by atoms with Crippen molar-refractivity contribution in [3.05, 3.63) is 0 Å². The molecule has 0 radical (unpaired) electrons.